The zero-order valence-corrected chi connectivity index (χ0v) is 13.2. The van der Waals surface area contributed by atoms with E-state index in [2.05, 4.69) is 0 Å². The summed E-state index contributed by atoms with van der Waals surface area (Å²) in [5, 5.41) is 0. The van der Waals surface area contributed by atoms with E-state index in [1.807, 2.05) is 0 Å². The lowest BCUT2D eigenvalue weighted by molar-refractivity contribution is -0.143. The maximum atomic E-state index is 12.9. The van der Waals surface area contributed by atoms with Crippen molar-refractivity contribution in [2.75, 3.05) is 13.2 Å². The number of ether oxygens (including phenoxy) is 1. The summed E-state index contributed by atoms with van der Waals surface area (Å²) in [5.41, 5.74) is 3.43. The van der Waals surface area contributed by atoms with Gasteiger partial charge in [-0.15, -0.1) is 0 Å². The number of hydrogen-bond acceptors (Lipinski definition) is 4. The molecule has 1 aliphatic rings. The quantitative estimate of drug-likeness (QED) is 0.830. The monoisotopic (exact) mass is 358 g/mol. The number of carbonyl (C=O) groups is 3. The Hall–Kier alpha value is -2.58. The molecule has 0 unspecified atom stereocenters. The van der Waals surface area contributed by atoms with Crippen LogP contribution < -0.4 is 5.73 Å². The van der Waals surface area contributed by atoms with Gasteiger partial charge in [0.2, 0.25) is 5.91 Å². The van der Waals surface area contributed by atoms with Crippen molar-refractivity contribution in [3.05, 3.63) is 35.4 Å². The van der Waals surface area contributed by atoms with E-state index in [4.69, 9.17) is 10.5 Å². The number of alkyl halides is 3. The summed E-state index contributed by atoms with van der Waals surface area (Å²) in [6.45, 7) is -0.474. The molecule has 0 aliphatic carbocycles. The predicted octanol–water partition coefficient (Wildman–Crippen LogP) is 1.73. The van der Waals surface area contributed by atoms with Crippen molar-refractivity contribution >= 4 is 17.8 Å². The topological polar surface area (TPSA) is 89.7 Å². The Kier molecular flexibility index (Phi) is 5.66. The number of primary amides is 1. The van der Waals surface area contributed by atoms with Gasteiger partial charge in [0, 0.05) is 6.54 Å². The second-order valence-electron chi connectivity index (χ2n) is 5.62. The van der Waals surface area contributed by atoms with Crippen molar-refractivity contribution in [2.45, 2.75) is 31.5 Å². The van der Waals surface area contributed by atoms with Gasteiger partial charge in [0.1, 0.15) is 6.04 Å². The van der Waals surface area contributed by atoms with Crippen LogP contribution in [0.15, 0.2) is 24.3 Å². The fourth-order valence-electron chi connectivity index (χ4n) is 2.72. The van der Waals surface area contributed by atoms with Gasteiger partial charge < -0.3 is 15.4 Å². The molecule has 0 saturated carbocycles. The largest absolute Gasteiger partial charge is 0.452 e. The number of hydrogen-bond donors (Lipinski definition) is 1. The van der Waals surface area contributed by atoms with Crippen LogP contribution in [0.5, 0.6) is 0 Å². The van der Waals surface area contributed by atoms with Crippen molar-refractivity contribution in [3.63, 3.8) is 0 Å². The Morgan fingerprint density at radius 1 is 1.20 bits per heavy atom. The van der Waals surface area contributed by atoms with Crippen LogP contribution in [0.25, 0.3) is 0 Å². The zero-order chi connectivity index (χ0) is 18.6. The first-order chi connectivity index (χ1) is 11.7. The van der Waals surface area contributed by atoms with Crippen LogP contribution in [-0.2, 0) is 20.5 Å². The molecule has 6 nitrogen and oxygen atoms in total. The van der Waals surface area contributed by atoms with Gasteiger partial charge in [-0.25, -0.2) is 4.79 Å². The number of halogens is 3. The SMILES string of the molecule is NC(=O)[C@@H]1CCCCN1C(=O)COC(=O)c1ccccc1C(F)(F)F. The Balaban J connectivity index is 2.05. The number of likely N-dealkylation sites (tertiary alicyclic amines) is 1. The van der Waals surface area contributed by atoms with E-state index >= 15 is 0 Å². The first-order valence-electron chi connectivity index (χ1n) is 7.64. The van der Waals surface area contributed by atoms with Crippen LogP contribution in [0, 0.1) is 0 Å². The average molecular weight is 358 g/mol. The molecule has 1 heterocycles. The number of amides is 2. The van der Waals surface area contributed by atoms with Gasteiger partial charge in [0.05, 0.1) is 11.1 Å². The minimum Gasteiger partial charge on any atom is -0.452 e. The molecule has 2 rings (SSSR count). The summed E-state index contributed by atoms with van der Waals surface area (Å²) in [7, 11) is 0. The number of nitrogens with zero attached hydrogens (tertiary/aromatic N) is 1. The molecule has 25 heavy (non-hydrogen) atoms. The van der Waals surface area contributed by atoms with Gasteiger partial charge in [-0.3, -0.25) is 9.59 Å². The standard InChI is InChI=1S/C16H17F3N2O4/c17-16(18,19)11-6-2-1-5-10(11)15(24)25-9-13(22)21-8-4-3-7-12(21)14(20)23/h1-2,5-6,12H,3-4,7-9H2,(H2,20,23)/t12-/m0/s1. The van der Waals surface area contributed by atoms with Crippen LogP contribution >= 0.6 is 0 Å². The molecule has 0 bridgehead atoms. The third-order valence-electron chi connectivity index (χ3n) is 3.93. The number of rotatable bonds is 4. The van der Waals surface area contributed by atoms with Crippen LogP contribution in [-0.4, -0.2) is 41.9 Å². The summed E-state index contributed by atoms with van der Waals surface area (Å²) in [4.78, 5) is 36.7. The minimum atomic E-state index is -4.72. The smallest absolute Gasteiger partial charge is 0.417 e. The first-order valence-corrected chi connectivity index (χ1v) is 7.64. The third kappa shape index (κ3) is 4.49. The molecule has 136 valence electrons. The summed E-state index contributed by atoms with van der Waals surface area (Å²) >= 11 is 0. The highest BCUT2D eigenvalue weighted by molar-refractivity contribution is 5.93. The highest BCUT2D eigenvalue weighted by Crippen LogP contribution is 2.32. The molecule has 9 heteroatoms. The van der Waals surface area contributed by atoms with Crippen LogP contribution in [0.4, 0.5) is 13.2 Å². The molecule has 1 aromatic carbocycles. The number of benzene rings is 1. The molecule has 1 aromatic rings. The molecule has 1 fully saturated rings. The van der Waals surface area contributed by atoms with E-state index < -0.39 is 47.7 Å². The van der Waals surface area contributed by atoms with Crippen LogP contribution in [0.1, 0.15) is 35.2 Å². The summed E-state index contributed by atoms with van der Waals surface area (Å²) < 4.78 is 43.4. The fraction of sp³-hybridized carbons (Fsp3) is 0.438. The molecule has 1 aliphatic heterocycles. The molecule has 0 aromatic heterocycles. The van der Waals surface area contributed by atoms with Crippen LogP contribution in [0.3, 0.4) is 0 Å². The fourth-order valence-corrected chi connectivity index (χ4v) is 2.72. The molecule has 1 saturated heterocycles. The third-order valence-corrected chi connectivity index (χ3v) is 3.93. The van der Waals surface area contributed by atoms with Gasteiger partial charge >= 0.3 is 12.1 Å². The predicted molar refractivity (Wildman–Crippen MR) is 80.3 cm³/mol. The Labute approximate surface area is 141 Å². The van der Waals surface area contributed by atoms with Gasteiger partial charge in [0.15, 0.2) is 6.61 Å². The Bertz CT molecular complexity index is 676. The van der Waals surface area contributed by atoms with Gasteiger partial charge in [-0.05, 0) is 31.4 Å². The molecular weight excluding hydrogens is 341 g/mol. The van der Waals surface area contributed by atoms with Crippen molar-refractivity contribution < 1.29 is 32.3 Å². The highest BCUT2D eigenvalue weighted by Gasteiger charge is 2.36. The van der Waals surface area contributed by atoms with Gasteiger partial charge in [-0.1, -0.05) is 12.1 Å². The molecule has 0 spiro atoms. The molecular formula is C16H17F3N2O4. The van der Waals surface area contributed by atoms with E-state index in [1.165, 1.54) is 11.0 Å². The van der Waals surface area contributed by atoms with Gasteiger partial charge in [0.25, 0.3) is 5.91 Å². The number of carbonyl (C=O) groups excluding carboxylic acids is 3. The maximum Gasteiger partial charge on any atom is 0.417 e. The average Bonchev–Trinajstić information content (AvgIpc) is 2.58. The lowest BCUT2D eigenvalue weighted by Crippen LogP contribution is -2.51. The van der Waals surface area contributed by atoms with E-state index in [0.717, 1.165) is 24.6 Å². The van der Waals surface area contributed by atoms with E-state index in [-0.39, 0.29) is 6.54 Å². The Morgan fingerprint density at radius 2 is 1.88 bits per heavy atom. The first kappa shape index (κ1) is 18.8. The number of esters is 1. The lowest BCUT2D eigenvalue weighted by Gasteiger charge is -2.33. The highest BCUT2D eigenvalue weighted by atomic mass is 19.4. The Morgan fingerprint density at radius 3 is 2.52 bits per heavy atom. The molecule has 0 radical (unpaired) electrons. The van der Waals surface area contributed by atoms with Crippen molar-refractivity contribution in [1.82, 2.24) is 4.90 Å². The summed E-state index contributed by atoms with van der Waals surface area (Å²) in [6, 6.07) is 3.36. The summed E-state index contributed by atoms with van der Waals surface area (Å²) in [5.74, 6) is -2.59. The number of piperidine rings is 1. The summed E-state index contributed by atoms with van der Waals surface area (Å²) in [6.07, 6.45) is -2.91. The number of nitrogens with two attached hydrogens (primary N) is 1. The van der Waals surface area contributed by atoms with Crippen molar-refractivity contribution in [2.24, 2.45) is 5.73 Å². The maximum absolute atomic E-state index is 12.9. The lowest BCUT2D eigenvalue weighted by atomic mass is 10.0. The van der Waals surface area contributed by atoms with E-state index in [0.29, 0.717) is 12.8 Å². The normalized spacial score (nSPS) is 17.9. The van der Waals surface area contributed by atoms with E-state index in [9.17, 15) is 27.6 Å². The van der Waals surface area contributed by atoms with E-state index in [1.54, 1.807) is 0 Å². The van der Waals surface area contributed by atoms with Gasteiger partial charge in [-0.2, -0.15) is 13.2 Å². The van der Waals surface area contributed by atoms with Crippen molar-refractivity contribution in [1.29, 1.82) is 0 Å². The molecule has 2 N–H and O–H groups in total. The second-order valence-corrected chi connectivity index (χ2v) is 5.62. The van der Waals surface area contributed by atoms with Crippen LogP contribution in [0.2, 0.25) is 0 Å². The second kappa shape index (κ2) is 7.54. The molecule has 2 amide bonds. The zero-order valence-electron chi connectivity index (χ0n) is 13.2. The van der Waals surface area contributed by atoms with Crippen molar-refractivity contribution in [3.8, 4) is 0 Å². The minimum absolute atomic E-state index is 0.281. The molecule has 1 atom stereocenters.